The number of ether oxygens (including phenoxy) is 1. The Bertz CT molecular complexity index is 402. The van der Waals surface area contributed by atoms with Crippen LogP contribution in [0.15, 0.2) is 24.3 Å². The van der Waals surface area contributed by atoms with E-state index in [0.717, 1.165) is 12.1 Å². The number of carbonyl (C=O) groups is 1. The largest absolute Gasteiger partial charge is 0.366 e. The van der Waals surface area contributed by atoms with Crippen LogP contribution < -0.4 is 10.6 Å². The predicted octanol–water partition coefficient (Wildman–Crippen LogP) is 0.991. The first-order chi connectivity index (χ1) is 8.66. The molecule has 1 aliphatic heterocycles. The van der Waals surface area contributed by atoms with Crippen molar-refractivity contribution < 1.29 is 13.9 Å². The topological polar surface area (TPSA) is 50.4 Å². The molecule has 0 spiro atoms. The van der Waals surface area contributed by atoms with Gasteiger partial charge in [0.25, 0.3) is 5.91 Å². The molecule has 2 N–H and O–H groups in total. The number of carbonyl (C=O) groups excluding carboxylic acids is 1. The molecule has 98 valence electrons. The third kappa shape index (κ3) is 3.27. The Morgan fingerprint density at radius 3 is 2.83 bits per heavy atom. The van der Waals surface area contributed by atoms with E-state index >= 15 is 0 Å². The monoisotopic (exact) mass is 252 g/mol. The summed E-state index contributed by atoms with van der Waals surface area (Å²) in [5, 5.41) is 5.96. The maximum absolute atomic E-state index is 12.8. The minimum Gasteiger partial charge on any atom is -0.366 e. The molecule has 0 aliphatic carbocycles. The number of halogens is 1. The summed E-state index contributed by atoms with van der Waals surface area (Å²) in [7, 11) is 0. The van der Waals surface area contributed by atoms with E-state index in [1.807, 2.05) is 6.92 Å². The van der Waals surface area contributed by atoms with E-state index in [1.165, 1.54) is 12.1 Å². The smallest absolute Gasteiger partial charge is 0.250 e. The molecule has 1 saturated heterocycles. The Morgan fingerprint density at radius 2 is 2.22 bits per heavy atom. The van der Waals surface area contributed by atoms with Crippen molar-refractivity contribution >= 4 is 5.91 Å². The van der Waals surface area contributed by atoms with Crippen LogP contribution in [0.2, 0.25) is 0 Å². The number of hydrogen-bond donors (Lipinski definition) is 2. The van der Waals surface area contributed by atoms with E-state index in [2.05, 4.69) is 10.6 Å². The number of morpholine rings is 1. The molecule has 1 aliphatic rings. The SMILES string of the molecule is CC(NC(=O)C1CNCCO1)c1ccc(F)cc1. The van der Waals surface area contributed by atoms with Crippen LogP contribution in [0.25, 0.3) is 0 Å². The Labute approximate surface area is 106 Å². The molecule has 2 atom stereocenters. The maximum atomic E-state index is 12.8. The first-order valence-electron chi connectivity index (χ1n) is 6.05. The van der Waals surface area contributed by atoms with Crippen LogP contribution in [0.4, 0.5) is 4.39 Å². The second-order valence-corrected chi connectivity index (χ2v) is 4.35. The molecule has 4 nitrogen and oxygen atoms in total. The second-order valence-electron chi connectivity index (χ2n) is 4.35. The van der Waals surface area contributed by atoms with Crippen molar-refractivity contribution in [3.63, 3.8) is 0 Å². The van der Waals surface area contributed by atoms with Crippen molar-refractivity contribution in [2.75, 3.05) is 19.7 Å². The van der Waals surface area contributed by atoms with Crippen LogP contribution in [-0.2, 0) is 9.53 Å². The summed E-state index contributed by atoms with van der Waals surface area (Å²) < 4.78 is 18.1. The van der Waals surface area contributed by atoms with Crippen LogP contribution in [0.1, 0.15) is 18.5 Å². The molecule has 18 heavy (non-hydrogen) atoms. The van der Waals surface area contributed by atoms with E-state index in [1.54, 1.807) is 12.1 Å². The standard InChI is InChI=1S/C13H17FN2O2/c1-9(10-2-4-11(14)5-3-10)16-13(17)12-8-15-6-7-18-12/h2-5,9,12,15H,6-8H2,1H3,(H,16,17). The molecule has 5 heteroatoms. The van der Waals surface area contributed by atoms with Gasteiger partial charge in [0, 0.05) is 13.1 Å². The second kappa shape index (κ2) is 5.93. The predicted molar refractivity (Wildman–Crippen MR) is 65.6 cm³/mol. The summed E-state index contributed by atoms with van der Waals surface area (Å²) in [6.07, 6.45) is -0.443. The van der Waals surface area contributed by atoms with E-state index < -0.39 is 6.10 Å². The normalized spacial score (nSPS) is 21.3. The summed E-state index contributed by atoms with van der Waals surface area (Å²) in [6.45, 7) is 3.71. The van der Waals surface area contributed by atoms with Gasteiger partial charge in [-0.1, -0.05) is 12.1 Å². The van der Waals surface area contributed by atoms with Crippen molar-refractivity contribution in [3.8, 4) is 0 Å². The highest BCUT2D eigenvalue weighted by Gasteiger charge is 2.23. The average molecular weight is 252 g/mol. The van der Waals surface area contributed by atoms with Gasteiger partial charge in [-0.2, -0.15) is 0 Å². The fourth-order valence-corrected chi connectivity index (χ4v) is 1.87. The average Bonchev–Trinajstić information content (AvgIpc) is 2.40. The molecule has 2 unspecified atom stereocenters. The Hall–Kier alpha value is -1.46. The Balaban J connectivity index is 1.91. The maximum Gasteiger partial charge on any atom is 0.250 e. The van der Waals surface area contributed by atoms with E-state index in [9.17, 15) is 9.18 Å². The van der Waals surface area contributed by atoms with Crippen LogP contribution in [0.5, 0.6) is 0 Å². The van der Waals surface area contributed by atoms with Gasteiger partial charge in [-0.15, -0.1) is 0 Å². The fraction of sp³-hybridized carbons (Fsp3) is 0.462. The first-order valence-corrected chi connectivity index (χ1v) is 6.05. The first kappa shape index (κ1) is 13.0. The lowest BCUT2D eigenvalue weighted by Crippen LogP contribution is -2.48. The molecule has 1 heterocycles. The van der Waals surface area contributed by atoms with E-state index in [-0.39, 0.29) is 17.8 Å². The number of benzene rings is 1. The van der Waals surface area contributed by atoms with Gasteiger partial charge in [0.15, 0.2) is 0 Å². The third-order valence-corrected chi connectivity index (χ3v) is 2.95. The highest BCUT2D eigenvalue weighted by Crippen LogP contribution is 2.13. The summed E-state index contributed by atoms with van der Waals surface area (Å²) >= 11 is 0. The minimum absolute atomic E-state index is 0.140. The summed E-state index contributed by atoms with van der Waals surface area (Å²) in [6, 6.07) is 5.94. The van der Waals surface area contributed by atoms with Crippen molar-refractivity contribution in [3.05, 3.63) is 35.6 Å². The van der Waals surface area contributed by atoms with Gasteiger partial charge in [0.1, 0.15) is 11.9 Å². The molecule has 0 saturated carbocycles. The minimum atomic E-state index is -0.443. The Kier molecular flexibility index (Phi) is 4.28. The quantitative estimate of drug-likeness (QED) is 0.843. The summed E-state index contributed by atoms with van der Waals surface area (Å²) in [5.74, 6) is -0.420. The zero-order chi connectivity index (χ0) is 13.0. The molecule has 0 bridgehead atoms. The van der Waals surface area contributed by atoms with E-state index in [0.29, 0.717) is 13.2 Å². The molecule has 1 aromatic carbocycles. The van der Waals surface area contributed by atoms with Gasteiger partial charge in [0.05, 0.1) is 12.6 Å². The fourth-order valence-electron chi connectivity index (χ4n) is 1.87. The van der Waals surface area contributed by atoms with Crippen LogP contribution in [0, 0.1) is 5.82 Å². The molecular formula is C13H17FN2O2. The lowest BCUT2D eigenvalue weighted by atomic mass is 10.1. The van der Waals surface area contributed by atoms with Gasteiger partial charge in [0.2, 0.25) is 0 Å². The van der Waals surface area contributed by atoms with Crippen molar-refractivity contribution in [2.24, 2.45) is 0 Å². The molecule has 1 amide bonds. The number of hydrogen-bond acceptors (Lipinski definition) is 3. The molecule has 0 radical (unpaired) electrons. The number of nitrogens with one attached hydrogen (secondary N) is 2. The van der Waals surface area contributed by atoms with Gasteiger partial charge in [-0.05, 0) is 24.6 Å². The van der Waals surface area contributed by atoms with Gasteiger partial charge >= 0.3 is 0 Å². The van der Waals surface area contributed by atoms with Crippen molar-refractivity contribution in [2.45, 2.75) is 19.1 Å². The zero-order valence-electron chi connectivity index (χ0n) is 10.3. The molecular weight excluding hydrogens is 235 g/mol. The van der Waals surface area contributed by atoms with Crippen molar-refractivity contribution in [1.82, 2.24) is 10.6 Å². The van der Waals surface area contributed by atoms with Gasteiger partial charge < -0.3 is 15.4 Å². The Morgan fingerprint density at radius 1 is 1.50 bits per heavy atom. The third-order valence-electron chi connectivity index (χ3n) is 2.95. The molecule has 1 fully saturated rings. The van der Waals surface area contributed by atoms with Crippen molar-refractivity contribution in [1.29, 1.82) is 0 Å². The van der Waals surface area contributed by atoms with Crippen LogP contribution in [0.3, 0.4) is 0 Å². The van der Waals surface area contributed by atoms with Crippen LogP contribution in [-0.4, -0.2) is 31.7 Å². The number of rotatable bonds is 3. The highest BCUT2D eigenvalue weighted by molar-refractivity contribution is 5.81. The lowest BCUT2D eigenvalue weighted by molar-refractivity contribution is -0.134. The summed E-state index contributed by atoms with van der Waals surface area (Å²) in [4.78, 5) is 11.9. The molecule has 2 rings (SSSR count). The van der Waals surface area contributed by atoms with Gasteiger partial charge in [-0.3, -0.25) is 4.79 Å². The lowest BCUT2D eigenvalue weighted by Gasteiger charge is -2.24. The van der Waals surface area contributed by atoms with E-state index in [4.69, 9.17) is 4.74 Å². The molecule has 1 aromatic rings. The number of amides is 1. The molecule has 0 aromatic heterocycles. The summed E-state index contributed by atoms with van der Waals surface area (Å²) in [5.41, 5.74) is 0.869. The zero-order valence-corrected chi connectivity index (χ0v) is 10.3. The van der Waals surface area contributed by atoms with Crippen LogP contribution >= 0.6 is 0 Å². The highest BCUT2D eigenvalue weighted by atomic mass is 19.1. The van der Waals surface area contributed by atoms with Gasteiger partial charge in [-0.25, -0.2) is 4.39 Å².